The van der Waals surface area contributed by atoms with Crippen LogP contribution in [0.2, 0.25) is 10.0 Å². The number of aryl methyl sites for hydroxylation is 1. The minimum Gasteiger partial charge on any atom is -0.364 e. The Hall–Kier alpha value is -1.85. The number of fused-ring (bicyclic) bond motifs is 1. The van der Waals surface area contributed by atoms with E-state index in [0.29, 0.717) is 44.5 Å². The largest absolute Gasteiger partial charge is 0.364 e. The fourth-order valence-electron chi connectivity index (χ4n) is 2.82. The molecule has 0 saturated heterocycles. The van der Waals surface area contributed by atoms with Crippen molar-refractivity contribution in [3.8, 4) is 11.3 Å². The molecular formula is C18H20Cl2N4O. The average Bonchev–Trinajstić information content (AvgIpc) is 2.98. The SMILES string of the molecule is CCCC(CC)Nc1nc(C)nc2c(-c3ccc(Cl)cc3Cl)noc12. The van der Waals surface area contributed by atoms with Crippen LogP contribution in [0, 0.1) is 6.92 Å². The lowest BCUT2D eigenvalue weighted by Crippen LogP contribution is -2.19. The maximum atomic E-state index is 6.32. The van der Waals surface area contributed by atoms with Crippen LogP contribution >= 0.6 is 23.2 Å². The molecule has 0 aliphatic carbocycles. The van der Waals surface area contributed by atoms with E-state index in [0.717, 1.165) is 24.8 Å². The average molecular weight is 379 g/mol. The van der Waals surface area contributed by atoms with E-state index >= 15 is 0 Å². The van der Waals surface area contributed by atoms with Gasteiger partial charge in [-0.3, -0.25) is 0 Å². The van der Waals surface area contributed by atoms with Gasteiger partial charge in [-0.2, -0.15) is 0 Å². The van der Waals surface area contributed by atoms with Crippen molar-refractivity contribution >= 4 is 40.1 Å². The normalized spacial score (nSPS) is 12.5. The predicted octanol–water partition coefficient (Wildman–Crippen LogP) is 5.89. The lowest BCUT2D eigenvalue weighted by atomic mass is 10.1. The number of nitrogens with zero attached hydrogens (tertiary/aromatic N) is 3. The van der Waals surface area contributed by atoms with Gasteiger partial charge in [0, 0.05) is 16.6 Å². The van der Waals surface area contributed by atoms with Gasteiger partial charge in [-0.1, -0.05) is 48.6 Å². The van der Waals surface area contributed by atoms with Crippen LogP contribution in [-0.2, 0) is 0 Å². The summed E-state index contributed by atoms with van der Waals surface area (Å²) in [6.45, 7) is 6.17. The second-order valence-electron chi connectivity index (χ2n) is 5.99. The van der Waals surface area contributed by atoms with Gasteiger partial charge in [-0.05, 0) is 38.0 Å². The van der Waals surface area contributed by atoms with Gasteiger partial charge in [0.25, 0.3) is 0 Å². The van der Waals surface area contributed by atoms with E-state index in [1.165, 1.54) is 0 Å². The van der Waals surface area contributed by atoms with Gasteiger partial charge in [0.2, 0.25) is 5.58 Å². The number of rotatable bonds is 6. The summed E-state index contributed by atoms with van der Waals surface area (Å²) in [7, 11) is 0. The van der Waals surface area contributed by atoms with Crippen LogP contribution in [0.25, 0.3) is 22.4 Å². The Morgan fingerprint density at radius 2 is 2.00 bits per heavy atom. The first-order valence-electron chi connectivity index (χ1n) is 8.39. The molecule has 3 rings (SSSR count). The quantitative estimate of drug-likeness (QED) is 0.578. The summed E-state index contributed by atoms with van der Waals surface area (Å²) >= 11 is 12.3. The zero-order valence-corrected chi connectivity index (χ0v) is 15.9. The van der Waals surface area contributed by atoms with E-state index in [1.807, 2.05) is 13.0 Å². The summed E-state index contributed by atoms with van der Waals surface area (Å²) in [4.78, 5) is 9.02. The lowest BCUT2D eigenvalue weighted by molar-refractivity contribution is 0.458. The third kappa shape index (κ3) is 3.72. The van der Waals surface area contributed by atoms with Crippen molar-refractivity contribution in [3.05, 3.63) is 34.1 Å². The number of hydrogen-bond donors (Lipinski definition) is 1. The first-order chi connectivity index (χ1) is 12.0. The van der Waals surface area contributed by atoms with E-state index in [4.69, 9.17) is 27.7 Å². The number of aromatic nitrogens is 3. The van der Waals surface area contributed by atoms with Gasteiger partial charge < -0.3 is 9.84 Å². The van der Waals surface area contributed by atoms with Crippen molar-refractivity contribution in [1.82, 2.24) is 15.1 Å². The summed E-state index contributed by atoms with van der Waals surface area (Å²) in [6, 6.07) is 5.60. The fraction of sp³-hybridized carbons (Fsp3) is 0.389. The van der Waals surface area contributed by atoms with Gasteiger partial charge in [-0.25, -0.2) is 9.97 Å². The molecule has 7 heteroatoms. The molecule has 132 valence electrons. The van der Waals surface area contributed by atoms with Crippen molar-refractivity contribution in [2.45, 2.75) is 46.1 Å². The summed E-state index contributed by atoms with van der Waals surface area (Å²) in [5, 5.41) is 8.73. The molecule has 0 bridgehead atoms. The minimum atomic E-state index is 0.329. The number of benzene rings is 1. The van der Waals surface area contributed by atoms with Crippen molar-refractivity contribution < 1.29 is 4.52 Å². The first kappa shape index (κ1) is 18.0. The first-order valence-corrected chi connectivity index (χ1v) is 9.15. The molecule has 2 aromatic heterocycles. The standard InChI is InChI=1S/C18H20Cl2N4O/c1-4-6-12(5-2)23-18-17-16(21-10(3)22-18)15(24-25-17)13-8-7-11(19)9-14(13)20/h7-9,12H,4-6H2,1-3H3,(H,21,22,23). The maximum Gasteiger partial charge on any atom is 0.228 e. The van der Waals surface area contributed by atoms with Crippen LogP contribution in [-0.4, -0.2) is 21.2 Å². The molecule has 0 amide bonds. The highest BCUT2D eigenvalue weighted by Gasteiger charge is 2.20. The van der Waals surface area contributed by atoms with Gasteiger partial charge >= 0.3 is 0 Å². The molecule has 0 saturated carbocycles. The molecule has 0 aliphatic heterocycles. The number of nitrogens with one attached hydrogen (secondary N) is 1. The highest BCUT2D eigenvalue weighted by molar-refractivity contribution is 6.36. The Balaban J connectivity index is 2.09. The van der Waals surface area contributed by atoms with Crippen LogP contribution in [0.1, 0.15) is 38.9 Å². The molecule has 0 fully saturated rings. The van der Waals surface area contributed by atoms with Gasteiger partial charge in [-0.15, -0.1) is 0 Å². The molecule has 0 spiro atoms. The summed E-state index contributed by atoms with van der Waals surface area (Å²) in [5.74, 6) is 1.32. The molecule has 1 aromatic carbocycles. The molecule has 5 nitrogen and oxygen atoms in total. The Labute approximate surface area is 156 Å². The third-order valence-electron chi connectivity index (χ3n) is 4.09. The third-order valence-corrected chi connectivity index (χ3v) is 4.63. The summed E-state index contributed by atoms with van der Waals surface area (Å²) in [5.41, 5.74) is 2.51. The van der Waals surface area contributed by atoms with Gasteiger partial charge in [0.05, 0.1) is 5.02 Å². The number of anilines is 1. The van der Waals surface area contributed by atoms with Gasteiger partial charge in [0.15, 0.2) is 5.82 Å². The van der Waals surface area contributed by atoms with E-state index < -0.39 is 0 Å². The van der Waals surface area contributed by atoms with Crippen molar-refractivity contribution in [2.24, 2.45) is 0 Å². The topological polar surface area (TPSA) is 63.8 Å². The maximum absolute atomic E-state index is 6.32. The Bertz CT molecular complexity index is 894. The van der Waals surface area contributed by atoms with Crippen LogP contribution in [0.4, 0.5) is 5.82 Å². The molecule has 1 atom stereocenters. The van der Waals surface area contributed by atoms with Crippen molar-refractivity contribution in [2.75, 3.05) is 5.32 Å². The molecule has 25 heavy (non-hydrogen) atoms. The lowest BCUT2D eigenvalue weighted by Gasteiger charge is -2.16. The number of hydrogen-bond acceptors (Lipinski definition) is 5. The summed E-state index contributed by atoms with van der Waals surface area (Å²) < 4.78 is 5.57. The number of halogens is 2. The van der Waals surface area contributed by atoms with E-state index in [-0.39, 0.29) is 0 Å². The molecule has 2 heterocycles. The second-order valence-corrected chi connectivity index (χ2v) is 6.83. The van der Waals surface area contributed by atoms with E-state index in [1.54, 1.807) is 12.1 Å². The minimum absolute atomic E-state index is 0.329. The van der Waals surface area contributed by atoms with Crippen LogP contribution < -0.4 is 5.32 Å². The summed E-state index contributed by atoms with van der Waals surface area (Å²) in [6.07, 6.45) is 3.16. The Kier molecular flexibility index (Phi) is 5.45. The van der Waals surface area contributed by atoms with Gasteiger partial charge in [0.1, 0.15) is 17.0 Å². The smallest absolute Gasteiger partial charge is 0.228 e. The van der Waals surface area contributed by atoms with Crippen LogP contribution in [0.5, 0.6) is 0 Å². The Morgan fingerprint density at radius 1 is 1.20 bits per heavy atom. The molecule has 1 N–H and O–H groups in total. The van der Waals surface area contributed by atoms with Crippen molar-refractivity contribution in [3.63, 3.8) is 0 Å². The highest BCUT2D eigenvalue weighted by Crippen LogP contribution is 2.35. The molecule has 3 aromatic rings. The molecule has 0 aliphatic rings. The zero-order valence-electron chi connectivity index (χ0n) is 14.4. The Morgan fingerprint density at radius 3 is 2.68 bits per heavy atom. The molecular weight excluding hydrogens is 359 g/mol. The van der Waals surface area contributed by atoms with Crippen LogP contribution in [0.15, 0.2) is 22.7 Å². The molecule has 0 radical (unpaired) electrons. The van der Waals surface area contributed by atoms with E-state index in [2.05, 4.69) is 34.3 Å². The van der Waals surface area contributed by atoms with Crippen molar-refractivity contribution in [1.29, 1.82) is 0 Å². The predicted molar refractivity (Wildman–Crippen MR) is 102 cm³/mol. The monoisotopic (exact) mass is 378 g/mol. The van der Waals surface area contributed by atoms with Crippen LogP contribution in [0.3, 0.4) is 0 Å². The second kappa shape index (κ2) is 7.58. The fourth-order valence-corrected chi connectivity index (χ4v) is 3.32. The highest BCUT2D eigenvalue weighted by atomic mass is 35.5. The van der Waals surface area contributed by atoms with E-state index in [9.17, 15) is 0 Å². The zero-order chi connectivity index (χ0) is 18.0. The molecule has 1 unspecified atom stereocenters.